The molecular formula is C17H19NOS. The van der Waals surface area contributed by atoms with E-state index in [2.05, 4.69) is 43.4 Å². The van der Waals surface area contributed by atoms with Crippen LogP contribution >= 0.6 is 11.3 Å². The Bertz CT molecular complexity index is 570. The highest BCUT2D eigenvalue weighted by atomic mass is 32.1. The lowest BCUT2D eigenvalue weighted by atomic mass is 10.0. The minimum absolute atomic E-state index is 0.0502. The average molecular weight is 285 g/mol. The van der Waals surface area contributed by atoms with Crippen molar-refractivity contribution in [1.29, 1.82) is 0 Å². The van der Waals surface area contributed by atoms with Crippen LogP contribution in [-0.2, 0) is 4.79 Å². The summed E-state index contributed by atoms with van der Waals surface area (Å²) >= 11 is 1.62. The zero-order valence-corrected chi connectivity index (χ0v) is 12.6. The summed E-state index contributed by atoms with van der Waals surface area (Å²) in [6.07, 6.45) is 4.33. The highest BCUT2D eigenvalue weighted by Gasteiger charge is 2.10. The van der Waals surface area contributed by atoms with Gasteiger partial charge in [-0.2, -0.15) is 0 Å². The molecule has 20 heavy (non-hydrogen) atoms. The van der Waals surface area contributed by atoms with Crippen LogP contribution in [0, 0.1) is 6.92 Å². The number of aryl methyl sites for hydroxylation is 1. The zero-order valence-electron chi connectivity index (χ0n) is 11.8. The predicted octanol–water partition coefficient (Wildman–Crippen LogP) is 4.34. The van der Waals surface area contributed by atoms with E-state index in [1.807, 2.05) is 23.6 Å². The molecule has 0 aliphatic rings. The lowest BCUT2D eigenvalue weighted by Gasteiger charge is -2.16. The zero-order chi connectivity index (χ0) is 14.4. The first-order chi connectivity index (χ1) is 9.69. The van der Waals surface area contributed by atoms with Crippen molar-refractivity contribution in [3.63, 3.8) is 0 Å². The Labute approximate surface area is 124 Å². The maximum atomic E-state index is 12.0. The van der Waals surface area contributed by atoms with E-state index < -0.39 is 0 Å². The van der Waals surface area contributed by atoms with Crippen LogP contribution in [0.3, 0.4) is 0 Å². The Morgan fingerprint density at radius 3 is 2.65 bits per heavy atom. The lowest BCUT2D eigenvalue weighted by Crippen LogP contribution is -2.26. The van der Waals surface area contributed by atoms with E-state index in [4.69, 9.17) is 0 Å². The molecule has 1 atom stereocenters. The van der Waals surface area contributed by atoms with Gasteiger partial charge < -0.3 is 5.32 Å². The maximum absolute atomic E-state index is 12.0. The van der Waals surface area contributed by atoms with Crippen molar-refractivity contribution in [3.05, 3.63) is 63.9 Å². The Morgan fingerprint density at radius 2 is 2.05 bits per heavy atom. The number of carbonyl (C=O) groups is 1. The third-order valence-corrected chi connectivity index (χ3v) is 3.98. The van der Waals surface area contributed by atoms with Gasteiger partial charge in [-0.15, -0.1) is 11.3 Å². The van der Waals surface area contributed by atoms with Gasteiger partial charge in [-0.25, -0.2) is 0 Å². The van der Waals surface area contributed by atoms with Crippen LogP contribution in [0.1, 0.15) is 35.4 Å². The lowest BCUT2D eigenvalue weighted by molar-refractivity contribution is -0.117. The summed E-state index contributed by atoms with van der Waals surface area (Å²) in [6, 6.07) is 12.3. The average Bonchev–Trinajstić information content (AvgIpc) is 2.97. The second-order valence-corrected chi connectivity index (χ2v) is 5.71. The van der Waals surface area contributed by atoms with E-state index in [0.717, 1.165) is 16.9 Å². The topological polar surface area (TPSA) is 29.1 Å². The minimum Gasteiger partial charge on any atom is -0.346 e. The third kappa shape index (κ3) is 4.07. The molecule has 2 nitrogen and oxygen atoms in total. The number of thiophene rings is 1. The maximum Gasteiger partial charge on any atom is 0.244 e. The first kappa shape index (κ1) is 14.5. The molecular weight excluding hydrogens is 266 g/mol. The fourth-order valence-electron chi connectivity index (χ4n) is 1.98. The van der Waals surface area contributed by atoms with E-state index in [1.54, 1.807) is 17.4 Å². The summed E-state index contributed by atoms with van der Waals surface area (Å²) in [6.45, 7) is 4.14. The number of hydrogen-bond acceptors (Lipinski definition) is 2. The van der Waals surface area contributed by atoms with E-state index in [-0.39, 0.29) is 11.9 Å². The van der Waals surface area contributed by atoms with Crippen molar-refractivity contribution in [2.75, 3.05) is 0 Å². The molecule has 0 saturated heterocycles. The summed E-state index contributed by atoms with van der Waals surface area (Å²) in [7, 11) is 0. The van der Waals surface area contributed by atoms with Crippen LogP contribution in [0.5, 0.6) is 0 Å². The van der Waals surface area contributed by atoms with E-state index in [9.17, 15) is 4.79 Å². The van der Waals surface area contributed by atoms with Gasteiger partial charge in [0.2, 0.25) is 5.91 Å². The van der Waals surface area contributed by atoms with Crippen molar-refractivity contribution in [1.82, 2.24) is 5.32 Å². The predicted molar refractivity (Wildman–Crippen MR) is 85.7 cm³/mol. The summed E-state index contributed by atoms with van der Waals surface area (Å²) < 4.78 is 0. The van der Waals surface area contributed by atoms with Gasteiger partial charge >= 0.3 is 0 Å². The van der Waals surface area contributed by atoms with Gasteiger partial charge in [0.1, 0.15) is 0 Å². The van der Waals surface area contributed by atoms with Crippen LogP contribution < -0.4 is 5.32 Å². The number of benzene rings is 1. The van der Waals surface area contributed by atoms with Crippen LogP contribution in [-0.4, -0.2) is 5.91 Å². The number of hydrogen-bond donors (Lipinski definition) is 1. The van der Waals surface area contributed by atoms with E-state index >= 15 is 0 Å². The van der Waals surface area contributed by atoms with Gasteiger partial charge in [0.05, 0.1) is 6.04 Å². The quantitative estimate of drug-likeness (QED) is 0.814. The van der Waals surface area contributed by atoms with Gasteiger partial charge in [-0.3, -0.25) is 4.79 Å². The van der Waals surface area contributed by atoms with Crippen LogP contribution in [0.15, 0.2) is 47.9 Å². The second-order valence-electron chi connectivity index (χ2n) is 4.73. The molecule has 2 rings (SSSR count). The SMILES string of the molecule is CC[C@H](NC(=O)/C=C/c1cccs1)c1ccc(C)cc1. The molecule has 0 unspecified atom stereocenters. The monoisotopic (exact) mass is 285 g/mol. The molecule has 0 aliphatic carbocycles. The Kier molecular flexibility index (Phi) is 5.13. The molecule has 104 valence electrons. The van der Waals surface area contributed by atoms with Gasteiger partial charge in [0.25, 0.3) is 0 Å². The smallest absolute Gasteiger partial charge is 0.244 e. The normalized spacial score (nSPS) is 12.5. The summed E-state index contributed by atoms with van der Waals surface area (Å²) in [5.74, 6) is -0.0502. The molecule has 0 bridgehead atoms. The molecule has 0 aliphatic heterocycles. The van der Waals surface area contributed by atoms with Crippen molar-refractivity contribution in [3.8, 4) is 0 Å². The third-order valence-electron chi connectivity index (χ3n) is 3.15. The molecule has 0 saturated carbocycles. The summed E-state index contributed by atoms with van der Waals surface area (Å²) in [5, 5.41) is 5.04. The van der Waals surface area contributed by atoms with Crippen molar-refractivity contribution in [2.45, 2.75) is 26.3 Å². The van der Waals surface area contributed by atoms with Crippen molar-refractivity contribution in [2.24, 2.45) is 0 Å². The van der Waals surface area contributed by atoms with Crippen LogP contribution in [0.2, 0.25) is 0 Å². The molecule has 3 heteroatoms. The second kappa shape index (κ2) is 7.06. The van der Waals surface area contributed by atoms with Crippen molar-refractivity contribution < 1.29 is 4.79 Å². The first-order valence-electron chi connectivity index (χ1n) is 6.77. The molecule has 1 heterocycles. The highest BCUT2D eigenvalue weighted by molar-refractivity contribution is 7.10. The highest BCUT2D eigenvalue weighted by Crippen LogP contribution is 2.17. The number of carbonyl (C=O) groups excluding carboxylic acids is 1. The Hall–Kier alpha value is -1.87. The molecule has 1 aromatic carbocycles. The van der Waals surface area contributed by atoms with Gasteiger partial charge in [0, 0.05) is 11.0 Å². The van der Waals surface area contributed by atoms with Crippen molar-refractivity contribution >= 4 is 23.3 Å². The van der Waals surface area contributed by atoms with E-state index in [1.165, 1.54) is 5.56 Å². The Balaban J connectivity index is 1.99. The largest absolute Gasteiger partial charge is 0.346 e. The summed E-state index contributed by atoms with van der Waals surface area (Å²) in [5.41, 5.74) is 2.38. The number of nitrogens with one attached hydrogen (secondary N) is 1. The number of rotatable bonds is 5. The number of amides is 1. The van der Waals surface area contributed by atoms with Gasteiger partial charge in [-0.1, -0.05) is 42.8 Å². The van der Waals surface area contributed by atoms with Crippen LogP contribution in [0.25, 0.3) is 6.08 Å². The van der Waals surface area contributed by atoms with Gasteiger partial charge in [-0.05, 0) is 36.4 Å². The molecule has 0 fully saturated rings. The fraction of sp³-hybridized carbons (Fsp3) is 0.235. The fourth-order valence-corrected chi connectivity index (χ4v) is 2.60. The molecule has 1 amide bonds. The van der Waals surface area contributed by atoms with Crippen LogP contribution in [0.4, 0.5) is 0 Å². The first-order valence-corrected chi connectivity index (χ1v) is 7.65. The molecule has 0 radical (unpaired) electrons. The van der Waals surface area contributed by atoms with Gasteiger partial charge in [0.15, 0.2) is 0 Å². The molecule has 1 N–H and O–H groups in total. The van der Waals surface area contributed by atoms with E-state index in [0.29, 0.717) is 0 Å². The summed E-state index contributed by atoms with van der Waals surface area (Å²) in [4.78, 5) is 13.0. The minimum atomic E-state index is -0.0502. The Morgan fingerprint density at radius 1 is 1.30 bits per heavy atom. The standard InChI is InChI=1S/C17H19NOS/c1-3-16(14-8-6-13(2)7-9-14)18-17(19)11-10-15-5-4-12-20-15/h4-12,16H,3H2,1-2H3,(H,18,19)/b11-10+/t16-/m0/s1. The molecule has 0 spiro atoms. The molecule has 1 aromatic heterocycles. The molecule has 2 aromatic rings.